The highest BCUT2D eigenvalue weighted by molar-refractivity contribution is 7.89. The zero-order valence-electron chi connectivity index (χ0n) is 11.4. The second-order valence-electron chi connectivity index (χ2n) is 4.99. The Balaban J connectivity index is 2.82. The lowest BCUT2D eigenvalue weighted by atomic mass is 10.1. The summed E-state index contributed by atoms with van der Waals surface area (Å²) < 4.78 is 39.5. The summed E-state index contributed by atoms with van der Waals surface area (Å²) in [7, 11) is -3.79. The van der Waals surface area contributed by atoms with E-state index in [0.29, 0.717) is 12.3 Å². The van der Waals surface area contributed by atoms with E-state index >= 15 is 0 Å². The van der Waals surface area contributed by atoms with Crippen LogP contribution in [0.3, 0.4) is 0 Å². The molecule has 0 saturated heterocycles. The number of nitrogens with two attached hydrogens (primary N) is 1. The van der Waals surface area contributed by atoms with Crippen molar-refractivity contribution in [3.63, 3.8) is 0 Å². The van der Waals surface area contributed by atoms with Crippen LogP contribution in [0, 0.1) is 23.1 Å². The van der Waals surface area contributed by atoms with Gasteiger partial charge in [-0.05, 0) is 30.5 Å². The van der Waals surface area contributed by atoms with Crippen molar-refractivity contribution in [2.24, 2.45) is 11.7 Å². The first-order chi connectivity index (χ1) is 9.26. The lowest BCUT2D eigenvalue weighted by molar-refractivity contribution is 0.486. The third kappa shape index (κ3) is 4.56. The fourth-order valence-electron chi connectivity index (χ4n) is 1.75. The molecule has 0 fully saturated rings. The van der Waals surface area contributed by atoms with Crippen LogP contribution in [0.1, 0.15) is 25.8 Å². The summed E-state index contributed by atoms with van der Waals surface area (Å²) in [5.74, 6) is -0.381. The molecule has 1 rings (SSSR count). The molecule has 0 amide bonds. The summed E-state index contributed by atoms with van der Waals surface area (Å²) in [5, 5.41) is 8.70. The van der Waals surface area contributed by atoms with Gasteiger partial charge in [-0.1, -0.05) is 13.8 Å². The molecule has 0 spiro atoms. The summed E-state index contributed by atoms with van der Waals surface area (Å²) in [4.78, 5) is -0.146. The van der Waals surface area contributed by atoms with Crippen molar-refractivity contribution in [1.29, 1.82) is 5.26 Å². The van der Waals surface area contributed by atoms with E-state index in [2.05, 4.69) is 4.72 Å². The summed E-state index contributed by atoms with van der Waals surface area (Å²) in [5.41, 5.74) is 5.49. The first-order valence-corrected chi connectivity index (χ1v) is 7.69. The van der Waals surface area contributed by atoms with E-state index in [1.165, 1.54) is 0 Å². The third-order valence-electron chi connectivity index (χ3n) is 2.68. The highest BCUT2D eigenvalue weighted by Gasteiger charge is 2.17. The number of nitrogens with zero attached hydrogens (tertiary/aromatic N) is 1. The minimum Gasteiger partial charge on any atom is -0.327 e. The highest BCUT2D eigenvalue weighted by atomic mass is 32.2. The van der Waals surface area contributed by atoms with Crippen molar-refractivity contribution in [1.82, 2.24) is 4.72 Å². The van der Waals surface area contributed by atoms with Gasteiger partial charge in [0.1, 0.15) is 11.9 Å². The molecule has 1 aromatic rings. The summed E-state index contributed by atoms with van der Waals surface area (Å²) in [6.07, 6.45) is 0.690. The van der Waals surface area contributed by atoms with Crippen LogP contribution in [0.5, 0.6) is 0 Å². The lowest BCUT2D eigenvalue weighted by Crippen LogP contribution is -2.38. The lowest BCUT2D eigenvalue weighted by Gasteiger charge is -2.15. The highest BCUT2D eigenvalue weighted by Crippen LogP contribution is 2.14. The maximum absolute atomic E-state index is 13.2. The van der Waals surface area contributed by atoms with Gasteiger partial charge in [0.2, 0.25) is 10.0 Å². The van der Waals surface area contributed by atoms with Crippen molar-refractivity contribution >= 4 is 10.0 Å². The fourth-order valence-corrected chi connectivity index (χ4v) is 2.87. The first-order valence-electron chi connectivity index (χ1n) is 6.21. The van der Waals surface area contributed by atoms with E-state index < -0.39 is 15.8 Å². The molecule has 1 atom stereocenters. The van der Waals surface area contributed by atoms with Gasteiger partial charge in [-0.15, -0.1) is 0 Å². The Kier molecular flexibility index (Phi) is 5.62. The molecule has 1 aromatic carbocycles. The zero-order valence-corrected chi connectivity index (χ0v) is 12.2. The first kappa shape index (κ1) is 16.6. The van der Waals surface area contributed by atoms with Crippen molar-refractivity contribution in [2.75, 3.05) is 6.54 Å². The maximum atomic E-state index is 13.2. The van der Waals surface area contributed by atoms with Crippen LogP contribution in [0.4, 0.5) is 4.39 Å². The van der Waals surface area contributed by atoms with E-state index in [-0.39, 0.29) is 23.0 Å². The van der Waals surface area contributed by atoms with Gasteiger partial charge in [-0.2, -0.15) is 5.26 Å². The number of benzene rings is 1. The Morgan fingerprint density at radius 2 is 2.10 bits per heavy atom. The smallest absolute Gasteiger partial charge is 0.240 e. The van der Waals surface area contributed by atoms with Crippen LogP contribution in [0.25, 0.3) is 0 Å². The molecule has 3 N–H and O–H groups in total. The predicted molar refractivity (Wildman–Crippen MR) is 73.7 cm³/mol. The number of halogens is 1. The molecule has 1 unspecified atom stereocenters. The SMILES string of the molecule is CC(C)CC(N)CNS(=O)(=O)c1ccc(F)c(C#N)c1. The summed E-state index contributed by atoms with van der Waals surface area (Å²) in [6.45, 7) is 4.08. The van der Waals surface area contributed by atoms with Gasteiger partial charge in [-0.3, -0.25) is 0 Å². The van der Waals surface area contributed by atoms with Crippen LogP contribution >= 0.6 is 0 Å². The molecule has 20 heavy (non-hydrogen) atoms. The van der Waals surface area contributed by atoms with Gasteiger partial charge in [0.25, 0.3) is 0 Å². The minimum atomic E-state index is -3.79. The molecule has 7 heteroatoms. The van der Waals surface area contributed by atoms with Gasteiger partial charge >= 0.3 is 0 Å². The predicted octanol–water partition coefficient (Wildman–Crippen LogP) is 1.35. The van der Waals surface area contributed by atoms with Crippen LogP contribution in [0.15, 0.2) is 23.1 Å². The normalized spacial score (nSPS) is 13.2. The van der Waals surface area contributed by atoms with E-state index in [4.69, 9.17) is 11.0 Å². The topological polar surface area (TPSA) is 96.0 Å². The maximum Gasteiger partial charge on any atom is 0.240 e. The second kappa shape index (κ2) is 6.79. The van der Waals surface area contributed by atoms with Crippen LogP contribution in [-0.2, 0) is 10.0 Å². The molecule has 0 bridgehead atoms. The van der Waals surface area contributed by atoms with Gasteiger partial charge in [0.15, 0.2) is 0 Å². The number of rotatable bonds is 6. The van der Waals surface area contributed by atoms with Crippen LogP contribution < -0.4 is 10.5 Å². The Morgan fingerprint density at radius 1 is 1.45 bits per heavy atom. The van der Waals surface area contributed by atoms with E-state index in [1.807, 2.05) is 13.8 Å². The fraction of sp³-hybridized carbons (Fsp3) is 0.462. The van der Waals surface area contributed by atoms with Gasteiger partial charge in [-0.25, -0.2) is 17.5 Å². The Labute approximate surface area is 118 Å². The standard InChI is InChI=1S/C13H18FN3O2S/c1-9(2)5-11(16)8-17-20(18,19)12-3-4-13(14)10(6-12)7-15/h3-4,6,9,11,17H,5,8,16H2,1-2H3. The van der Waals surface area contributed by atoms with Gasteiger partial charge in [0.05, 0.1) is 10.5 Å². The molecule has 0 aliphatic rings. The van der Waals surface area contributed by atoms with Gasteiger partial charge in [0, 0.05) is 12.6 Å². The number of nitriles is 1. The van der Waals surface area contributed by atoms with Gasteiger partial charge < -0.3 is 5.73 Å². The van der Waals surface area contributed by atoms with Crippen molar-refractivity contribution in [2.45, 2.75) is 31.2 Å². The Morgan fingerprint density at radius 3 is 2.65 bits per heavy atom. The molecular formula is C13H18FN3O2S. The molecule has 0 saturated carbocycles. The quantitative estimate of drug-likeness (QED) is 0.828. The minimum absolute atomic E-state index is 0.0970. The van der Waals surface area contributed by atoms with Crippen molar-refractivity contribution < 1.29 is 12.8 Å². The molecule has 0 aliphatic carbocycles. The average Bonchev–Trinajstić information content (AvgIpc) is 2.36. The number of hydrogen-bond acceptors (Lipinski definition) is 4. The van der Waals surface area contributed by atoms with Crippen LogP contribution in [0.2, 0.25) is 0 Å². The second-order valence-corrected chi connectivity index (χ2v) is 6.76. The number of hydrogen-bond donors (Lipinski definition) is 2. The number of sulfonamides is 1. The third-order valence-corrected chi connectivity index (χ3v) is 4.10. The monoisotopic (exact) mass is 299 g/mol. The molecule has 5 nitrogen and oxygen atoms in total. The number of nitrogens with one attached hydrogen (secondary N) is 1. The molecule has 0 aliphatic heterocycles. The molecule has 0 radical (unpaired) electrons. The van der Waals surface area contributed by atoms with Crippen molar-refractivity contribution in [3.8, 4) is 6.07 Å². The molecule has 110 valence electrons. The molecule has 0 aromatic heterocycles. The van der Waals surface area contributed by atoms with E-state index in [1.54, 1.807) is 6.07 Å². The van der Waals surface area contributed by atoms with E-state index in [0.717, 1.165) is 18.2 Å². The summed E-state index contributed by atoms with van der Waals surface area (Å²) in [6, 6.07) is 4.40. The van der Waals surface area contributed by atoms with Crippen LogP contribution in [-0.4, -0.2) is 21.0 Å². The Bertz CT molecular complexity index is 609. The van der Waals surface area contributed by atoms with E-state index in [9.17, 15) is 12.8 Å². The Hall–Kier alpha value is -1.49. The molecular weight excluding hydrogens is 281 g/mol. The average molecular weight is 299 g/mol. The summed E-state index contributed by atoms with van der Waals surface area (Å²) >= 11 is 0. The van der Waals surface area contributed by atoms with Crippen molar-refractivity contribution in [3.05, 3.63) is 29.6 Å². The largest absolute Gasteiger partial charge is 0.327 e. The molecule has 0 heterocycles. The zero-order chi connectivity index (χ0) is 15.3.